The number of methoxy groups -OCH3 is 1. The standard InChI is InChI=1S/C10H17N3O/c1-7(14-2)3-6-9-11-10(13-12-9)8-4-5-8/h7-8H,3-6H2,1-2H3,(H,11,12,13). The highest BCUT2D eigenvalue weighted by atomic mass is 16.5. The van der Waals surface area contributed by atoms with Crippen LogP contribution in [0.1, 0.15) is 43.8 Å². The molecular weight excluding hydrogens is 178 g/mol. The zero-order valence-electron chi connectivity index (χ0n) is 8.79. The lowest BCUT2D eigenvalue weighted by Gasteiger charge is -2.06. The minimum Gasteiger partial charge on any atom is -0.382 e. The summed E-state index contributed by atoms with van der Waals surface area (Å²) in [5.74, 6) is 2.64. The smallest absolute Gasteiger partial charge is 0.153 e. The van der Waals surface area contributed by atoms with Crippen molar-refractivity contribution >= 4 is 0 Å². The maximum Gasteiger partial charge on any atom is 0.153 e. The van der Waals surface area contributed by atoms with Gasteiger partial charge in [0.1, 0.15) is 5.82 Å². The van der Waals surface area contributed by atoms with E-state index in [0.717, 1.165) is 24.5 Å². The molecule has 0 radical (unpaired) electrons. The third-order valence-corrected chi connectivity index (χ3v) is 2.68. The Morgan fingerprint density at radius 3 is 3.00 bits per heavy atom. The van der Waals surface area contributed by atoms with Gasteiger partial charge in [0, 0.05) is 19.4 Å². The van der Waals surface area contributed by atoms with Crippen LogP contribution in [0.2, 0.25) is 0 Å². The lowest BCUT2D eigenvalue weighted by atomic mass is 10.2. The van der Waals surface area contributed by atoms with E-state index in [0.29, 0.717) is 12.0 Å². The van der Waals surface area contributed by atoms with Gasteiger partial charge in [0.2, 0.25) is 0 Å². The van der Waals surface area contributed by atoms with Crippen molar-refractivity contribution in [2.75, 3.05) is 7.11 Å². The minimum atomic E-state index is 0.296. The number of nitrogens with one attached hydrogen (secondary N) is 1. The predicted octanol–water partition coefficient (Wildman–Crippen LogP) is 1.65. The molecule has 1 aliphatic rings. The molecule has 0 aromatic carbocycles. The molecule has 0 saturated heterocycles. The highest BCUT2D eigenvalue weighted by molar-refractivity contribution is 5.04. The van der Waals surface area contributed by atoms with Gasteiger partial charge in [0.05, 0.1) is 6.10 Å². The number of ether oxygens (including phenoxy) is 1. The maximum absolute atomic E-state index is 5.18. The molecule has 1 aromatic rings. The monoisotopic (exact) mass is 195 g/mol. The van der Waals surface area contributed by atoms with Crippen molar-refractivity contribution in [1.82, 2.24) is 15.2 Å². The average molecular weight is 195 g/mol. The molecule has 1 saturated carbocycles. The molecule has 0 amide bonds. The zero-order valence-corrected chi connectivity index (χ0v) is 8.79. The van der Waals surface area contributed by atoms with E-state index in [1.165, 1.54) is 12.8 Å². The number of hydrogen-bond donors (Lipinski definition) is 1. The van der Waals surface area contributed by atoms with Crippen LogP contribution in [-0.2, 0) is 11.2 Å². The van der Waals surface area contributed by atoms with Crippen molar-refractivity contribution in [2.45, 2.75) is 44.6 Å². The van der Waals surface area contributed by atoms with Gasteiger partial charge in [-0.15, -0.1) is 0 Å². The summed E-state index contributed by atoms with van der Waals surface area (Å²) in [6, 6.07) is 0. The molecule has 1 fully saturated rings. The molecule has 0 spiro atoms. The lowest BCUT2D eigenvalue weighted by Crippen LogP contribution is -2.06. The fourth-order valence-electron chi connectivity index (χ4n) is 1.40. The molecule has 0 aliphatic heterocycles. The van der Waals surface area contributed by atoms with Crippen molar-refractivity contribution in [3.8, 4) is 0 Å². The first-order valence-corrected chi connectivity index (χ1v) is 5.23. The molecular formula is C10H17N3O. The van der Waals surface area contributed by atoms with Crippen LogP contribution in [0.5, 0.6) is 0 Å². The molecule has 1 N–H and O–H groups in total. The number of aryl methyl sites for hydroxylation is 1. The number of rotatable bonds is 5. The summed E-state index contributed by atoms with van der Waals surface area (Å²) in [4.78, 5) is 4.46. The fraction of sp³-hybridized carbons (Fsp3) is 0.800. The van der Waals surface area contributed by atoms with E-state index in [1.807, 2.05) is 0 Å². The summed E-state index contributed by atoms with van der Waals surface area (Å²) in [6.07, 6.45) is 4.73. The molecule has 0 bridgehead atoms. The minimum absolute atomic E-state index is 0.296. The molecule has 78 valence electrons. The summed E-state index contributed by atoms with van der Waals surface area (Å²) in [5, 5.41) is 7.19. The second-order valence-electron chi connectivity index (χ2n) is 4.00. The summed E-state index contributed by atoms with van der Waals surface area (Å²) in [6.45, 7) is 2.07. The molecule has 1 heterocycles. The van der Waals surface area contributed by atoms with Crippen molar-refractivity contribution < 1.29 is 4.74 Å². The van der Waals surface area contributed by atoms with Crippen LogP contribution < -0.4 is 0 Å². The van der Waals surface area contributed by atoms with Gasteiger partial charge >= 0.3 is 0 Å². The highest BCUT2D eigenvalue weighted by Crippen LogP contribution is 2.37. The van der Waals surface area contributed by atoms with Crippen LogP contribution in [0.15, 0.2) is 0 Å². The van der Waals surface area contributed by atoms with Crippen molar-refractivity contribution in [2.24, 2.45) is 0 Å². The Balaban J connectivity index is 1.83. The van der Waals surface area contributed by atoms with Crippen molar-refractivity contribution in [3.05, 3.63) is 11.6 Å². The van der Waals surface area contributed by atoms with Gasteiger partial charge < -0.3 is 4.74 Å². The van der Waals surface area contributed by atoms with E-state index < -0.39 is 0 Å². The number of H-pyrrole nitrogens is 1. The second-order valence-corrected chi connectivity index (χ2v) is 4.00. The van der Waals surface area contributed by atoms with Crippen LogP contribution in [0, 0.1) is 0 Å². The summed E-state index contributed by atoms with van der Waals surface area (Å²) in [7, 11) is 1.74. The quantitative estimate of drug-likeness (QED) is 0.777. The Bertz CT molecular complexity index is 293. The summed E-state index contributed by atoms with van der Waals surface area (Å²) >= 11 is 0. The normalized spacial score (nSPS) is 18.4. The van der Waals surface area contributed by atoms with E-state index in [4.69, 9.17) is 4.74 Å². The van der Waals surface area contributed by atoms with E-state index in [-0.39, 0.29) is 0 Å². The zero-order chi connectivity index (χ0) is 9.97. The number of aromatic amines is 1. The van der Waals surface area contributed by atoms with Crippen molar-refractivity contribution in [1.29, 1.82) is 0 Å². The Labute approximate surface area is 84.1 Å². The molecule has 2 rings (SSSR count). The first kappa shape index (κ1) is 9.65. The van der Waals surface area contributed by atoms with Gasteiger partial charge in [0.25, 0.3) is 0 Å². The molecule has 1 atom stereocenters. The van der Waals surface area contributed by atoms with Gasteiger partial charge in [-0.25, -0.2) is 4.98 Å². The Morgan fingerprint density at radius 1 is 1.57 bits per heavy atom. The Morgan fingerprint density at radius 2 is 2.36 bits per heavy atom. The number of hydrogen-bond acceptors (Lipinski definition) is 3. The lowest BCUT2D eigenvalue weighted by molar-refractivity contribution is 0.111. The van der Waals surface area contributed by atoms with Gasteiger partial charge in [0.15, 0.2) is 5.82 Å². The maximum atomic E-state index is 5.18. The van der Waals surface area contributed by atoms with E-state index in [2.05, 4.69) is 22.1 Å². The number of aromatic nitrogens is 3. The summed E-state index contributed by atoms with van der Waals surface area (Å²) in [5.41, 5.74) is 0. The van der Waals surface area contributed by atoms with E-state index in [9.17, 15) is 0 Å². The average Bonchev–Trinajstić information content (AvgIpc) is 2.95. The largest absolute Gasteiger partial charge is 0.382 e. The van der Waals surface area contributed by atoms with Crippen LogP contribution in [0.4, 0.5) is 0 Å². The van der Waals surface area contributed by atoms with Crippen LogP contribution >= 0.6 is 0 Å². The topological polar surface area (TPSA) is 50.8 Å². The third-order valence-electron chi connectivity index (χ3n) is 2.68. The first-order valence-electron chi connectivity index (χ1n) is 5.23. The second kappa shape index (κ2) is 4.09. The van der Waals surface area contributed by atoms with E-state index >= 15 is 0 Å². The van der Waals surface area contributed by atoms with Crippen LogP contribution in [0.25, 0.3) is 0 Å². The van der Waals surface area contributed by atoms with Gasteiger partial charge in [-0.2, -0.15) is 5.10 Å². The van der Waals surface area contributed by atoms with Gasteiger partial charge in [-0.3, -0.25) is 5.10 Å². The molecule has 1 aromatic heterocycles. The summed E-state index contributed by atoms with van der Waals surface area (Å²) < 4.78 is 5.18. The Kier molecular flexibility index (Phi) is 2.82. The predicted molar refractivity (Wildman–Crippen MR) is 53.1 cm³/mol. The molecule has 14 heavy (non-hydrogen) atoms. The van der Waals surface area contributed by atoms with E-state index in [1.54, 1.807) is 7.11 Å². The number of nitrogens with zero attached hydrogens (tertiary/aromatic N) is 2. The molecule has 4 nitrogen and oxygen atoms in total. The molecule has 1 aliphatic carbocycles. The van der Waals surface area contributed by atoms with Gasteiger partial charge in [-0.05, 0) is 26.2 Å². The van der Waals surface area contributed by atoms with Gasteiger partial charge in [-0.1, -0.05) is 0 Å². The van der Waals surface area contributed by atoms with Crippen LogP contribution in [-0.4, -0.2) is 28.4 Å². The fourth-order valence-corrected chi connectivity index (χ4v) is 1.40. The highest BCUT2D eigenvalue weighted by Gasteiger charge is 2.27. The van der Waals surface area contributed by atoms with Crippen LogP contribution in [0.3, 0.4) is 0 Å². The van der Waals surface area contributed by atoms with Crippen molar-refractivity contribution in [3.63, 3.8) is 0 Å². The molecule has 4 heteroatoms. The Hall–Kier alpha value is -0.900. The molecule has 1 unspecified atom stereocenters. The third kappa shape index (κ3) is 2.32. The SMILES string of the molecule is COC(C)CCc1nc(C2CC2)n[nH]1. The first-order chi connectivity index (χ1) is 6.79.